The highest BCUT2D eigenvalue weighted by Crippen LogP contribution is 2.38. The third kappa shape index (κ3) is 7.73. The Hall–Kier alpha value is -2.02. The zero-order valence-electron chi connectivity index (χ0n) is 22.1. The predicted octanol–water partition coefficient (Wildman–Crippen LogP) is 6.97. The van der Waals surface area contributed by atoms with E-state index in [1.807, 2.05) is 43.3 Å². The highest BCUT2D eigenvalue weighted by Gasteiger charge is 2.37. The first kappa shape index (κ1) is 27.6. The van der Waals surface area contributed by atoms with E-state index < -0.39 is 14.4 Å². The van der Waals surface area contributed by atoms with Crippen LogP contribution in [0, 0.1) is 0 Å². The summed E-state index contributed by atoms with van der Waals surface area (Å²) >= 11 is 6.74. The van der Waals surface area contributed by atoms with Gasteiger partial charge >= 0.3 is 6.09 Å². The molecular formula is C28H41ClN2O3Si. The Morgan fingerprint density at radius 3 is 2.57 bits per heavy atom. The van der Waals surface area contributed by atoms with E-state index in [9.17, 15) is 4.79 Å². The number of alkyl carbamates (subject to hydrolysis) is 1. The number of amides is 1. The summed E-state index contributed by atoms with van der Waals surface area (Å²) in [4.78, 5) is 14.6. The lowest BCUT2D eigenvalue weighted by Crippen LogP contribution is -2.41. The van der Waals surface area contributed by atoms with Crippen molar-refractivity contribution in [2.75, 3.05) is 24.6 Å². The molecule has 7 heteroatoms. The largest absolute Gasteiger partial charge is 0.445 e. The number of anilines is 1. The summed E-state index contributed by atoms with van der Waals surface area (Å²) in [5.74, 6) is 0. The maximum Gasteiger partial charge on any atom is 0.407 e. The van der Waals surface area contributed by atoms with Gasteiger partial charge in [-0.15, -0.1) is 0 Å². The van der Waals surface area contributed by atoms with Gasteiger partial charge in [0.05, 0.1) is 10.7 Å². The third-order valence-electron chi connectivity index (χ3n) is 7.13. The number of hydrogen-bond acceptors (Lipinski definition) is 4. The number of carbonyl (C=O) groups excluding carboxylic acids is 1. The summed E-state index contributed by atoms with van der Waals surface area (Å²) in [7, 11) is -1.71. The monoisotopic (exact) mass is 516 g/mol. The lowest BCUT2D eigenvalue weighted by atomic mass is 10.0. The van der Waals surface area contributed by atoms with Crippen molar-refractivity contribution in [3.05, 3.63) is 64.2 Å². The number of hydrogen-bond donors (Lipinski definition) is 1. The summed E-state index contributed by atoms with van der Waals surface area (Å²) in [6.45, 7) is 16.4. The lowest BCUT2D eigenvalue weighted by molar-refractivity contribution is 0.136. The molecule has 1 heterocycles. The quantitative estimate of drug-likeness (QED) is 0.273. The first-order valence-electron chi connectivity index (χ1n) is 12.6. The fourth-order valence-corrected chi connectivity index (χ4v) is 5.61. The first-order valence-corrected chi connectivity index (χ1v) is 15.9. The van der Waals surface area contributed by atoms with Crippen molar-refractivity contribution in [2.45, 2.75) is 77.7 Å². The van der Waals surface area contributed by atoms with Gasteiger partial charge in [-0.1, -0.05) is 68.8 Å². The molecule has 3 rings (SSSR count). The van der Waals surface area contributed by atoms with Crippen LogP contribution in [0.5, 0.6) is 0 Å². The van der Waals surface area contributed by atoms with Crippen LogP contribution in [0.4, 0.5) is 10.5 Å². The van der Waals surface area contributed by atoms with E-state index in [4.69, 9.17) is 20.8 Å². The van der Waals surface area contributed by atoms with Crippen LogP contribution in [-0.4, -0.2) is 40.1 Å². The summed E-state index contributed by atoms with van der Waals surface area (Å²) in [5, 5.41) is 3.95. The van der Waals surface area contributed by atoms with Crippen LogP contribution in [0.1, 0.15) is 50.8 Å². The number of benzene rings is 2. The molecule has 1 N–H and O–H groups in total. The van der Waals surface area contributed by atoms with E-state index in [1.165, 1.54) is 5.56 Å². The molecule has 1 amide bonds. The molecule has 0 unspecified atom stereocenters. The molecule has 0 radical (unpaired) electrons. The molecular weight excluding hydrogens is 476 g/mol. The summed E-state index contributed by atoms with van der Waals surface area (Å²) in [6.07, 6.45) is 2.29. The molecule has 0 fully saturated rings. The second kappa shape index (κ2) is 11.8. The van der Waals surface area contributed by atoms with Crippen molar-refractivity contribution in [3.63, 3.8) is 0 Å². The maximum atomic E-state index is 12.2. The first-order chi connectivity index (χ1) is 16.5. The van der Waals surface area contributed by atoms with Gasteiger partial charge in [-0.05, 0) is 67.1 Å². The van der Waals surface area contributed by atoms with Gasteiger partial charge in [-0.2, -0.15) is 0 Å². The summed E-state index contributed by atoms with van der Waals surface area (Å²) in [6, 6.07) is 13.9. The number of halogens is 1. The highest BCUT2D eigenvalue weighted by molar-refractivity contribution is 6.74. The molecule has 0 bridgehead atoms. The Morgan fingerprint density at radius 1 is 1.17 bits per heavy atom. The third-order valence-corrected chi connectivity index (χ3v) is 12.0. The van der Waals surface area contributed by atoms with Crippen LogP contribution in [-0.2, 0) is 28.6 Å². The Morgan fingerprint density at radius 2 is 1.89 bits per heavy atom. The maximum absolute atomic E-state index is 12.2. The standard InChI is InChI=1S/C28H41ClN2O3Si/c1-21(30-27(32)33-20-22-11-8-7-9-12-22)17-23-18-24-13-15-31(26(24)25(29)19-23)14-10-16-34-35(5,6)28(2,3)4/h7-9,11-12,18-19,21H,10,13-17,20H2,1-6H3,(H,30,32)/t21-/m1/s1. The molecule has 2 aromatic carbocycles. The van der Waals surface area contributed by atoms with Gasteiger partial charge < -0.3 is 19.4 Å². The van der Waals surface area contributed by atoms with Crippen molar-refractivity contribution in [1.82, 2.24) is 5.32 Å². The van der Waals surface area contributed by atoms with E-state index in [0.717, 1.165) is 54.4 Å². The lowest BCUT2D eigenvalue weighted by Gasteiger charge is -2.36. The van der Waals surface area contributed by atoms with Crippen molar-refractivity contribution in [3.8, 4) is 0 Å². The Kier molecular flexibility index (Phi) is 9.30. The van der Waals surface area contributed by atoms with Gasteiger partial charge in [0.25, 0.3) is 0 Å². The number of fused-ring (bicyclic) bond motifs is 1. The van der Waals surface area contributed by atoms with E-state index >= 15 is 0 Å². The number of nitrogens with zero attached hydrogens (tertiary/aromatic N) is 1. The molecule has 1 aliphatic heterocycles. The second-order valence-electron chi connectivity index (χ2n) is 11.1. The Labute approximate surface area is 217 Å². The molecule has 192 valence electrons. The van der Waals surface area contributed by atoms with Crippen molar-refractivity contribution < 1.29 is 14.0 Å². The van der Waals surface area contributed by atoms with Crippen LogP contribution in [0.15, 0.2) is 42.5 Å². The topological polar surface area (TPSA) is 50.8 Å². The normalized spacial score (nSPS) is 14.5. The minimum Gasteiger partial charge on any atom is -0.445 e. The number of carbonyl (C=O) groups is 1. The van der Waals surface area contributed by atoms with Gasteiger partial charge in [-0.25, -0.2) is 4.79 Å². The average Bonchev–Trinajstić information content (AvgIpc) is 3.18. The number of ether oxygens (including phenoxy) is 1. The van der Waals surface area contributed by atoms with Crippen molar-refractivity contribution in [1.29, 1.82) is 0 Å². The van der Waals surface area contributed by atoms with E-state index in [1.54, 1.807) is 0 Å². The van der Waals surface area contributed by atoms with Gasteiger partial charge in [0.2, 0.25) is 0 Å². The average molecular weight is 517 g/mol. The van der Waals surface area contributed by atoms with E-state index in [0.29, 0.717) is 6.42 Å². The SMILES string of the molecule is C[C@H](Cc1cc(Cl)c2c(c1)CCN2CCCO[Si](C)(C)C(C)(C)C)NC(=O)OCc1ccccc1. The molecule has 1 atom stereocenters. The summed E-state index contributed by atoms with van der Waals surface area (Å²) < 4.78 is 11.7. The van der Waals surface area contributed by atoms with E-state index in [-0.39, 0.29) is 17.7 Å². The van der Waals surface area contributed by atoms with Gasteiger partial charge in [0.15, 0.2) is 8.32 Å². The second-order valence-corrected chi connectivity index (χ2v) is 16.3. The molecule has 2 aromatic rings. The molecule has 0 saturated carbocycles. The predicted molar refractivity (Wildman–Crippen MR) is 148 cm³/mol. The van der Waals surface area contributed by atoms with Crippen molar-refractivity contribution in [2.24, 2.45) is 0 Å². The fourth-order valence-electron chi connectivity index (χ4n) is 4.14. The zero-order chi connectivity index (χ0) is 25.6. The van der Waals surface area contributed by atoms with Crippen LogP contribution in [0.3, 0.4) is 0 Å². The molecule has 0 spiro atoms. The number of nitrogens with one attached hydrogen (secondary N) is 1. The Bertz CT molecular complexity index is 992. The van der Waals surface area contributed by atoms with Crippen molar-refractivity contribution >= 4 is 31.7 Å². The summed E-state index contributed by atoms with van der Waals surface area (Å²) in [5.41, 5.74) is 4.55. The van der Waals surface area contributed by atoms with Crippen LogP contribution >= 0.6 is 11.6 Å². The molecule has 0 aromatic heterocycles. The highest BCUT2D eigenvalue weighted by atomic mass is 35.5. The molecule has 5 nitrogen and oxygen atoms in total. The smallest absolute Gasteiger partial charge is 0.407 e. The van der Waals surface area contributed by atoms with Crippen LogP contribution in [0.25, 0.3) is 0 Å². The molecule has 1 aliphatic rings. The minimum absolute atomic E-state index is 0.0580. The Balaban J connectivity index is 1.49. The minimum atomic E-state index is -1.71. The van der Waals surface area contributed by atoms with Crippen LogP contribution in [0.2, 0.25) is 23.2 Å². The van der Waals surface area contributed by atoms with Gasteiger partial charge in [0, 0.05) is 25.7 Å². The fraction of sp³-hybridized carbons (Fsp3) is 0.536. The van der Waals surface area contributed by atoms with Gasteiger partial charge in [0.1, 0.15) is 6.61 Å². The number of rotatable bonds is 10. The molecule has 35 heavy (non-hydrogen) atoms. The van der Waals surface area contributed by atoms with Gasteiger partial charge in [-0.3, -0.25) is 0 Å². The molecule has 0 saturated heterocycles. The zero-order valence-corrected chi connectivity index (χ0v) is 23.9. The van der Waals surface area contributed by atoms with E-state index in [2.05, 4.69) is 50.1 Å². The van der Waals surface area contributed by atoms with Crippen LogP contribution < -0.4 is 10.2 Å². The molecule has 0 aliphatic carbocycles.